The van der Waals surface area contributed by atoms with Crippen LogP contribution < -0.4 is 5.56 Å². The predicted molar refractivity (Wildman–Crippen MR) is 114 cm³/mol. The molecule has 29 heavy (non-hydrogen) atoms. The van der Waals surface area contributed by atoms with E-state index in [1.807, 2.05) is 36.4 Å². The van der Waals surface area contributed by atoms with Gasteiger partial charge >= 0.3 is 0 Å². The Morgan fingerprint density at radius 3 is 2.45 bits per heavy atom. The molecule has 142 valence electrons. The van der Waals surface area contributed by atoms with Gasteiger partial charge in [0.1, 0.15) is 11.5 Å². The van der Waals surface area contributed by atoms with Crippen molar-refractivity contribution in [2.24, 2.45) is 0 Å². The average Bonchev–Trinajstić information content (AvgIpc) is 2.73. The minimum Gasteiger partial charge on any atom is -0.268 e. The standard InChI is InChI=1S/C23H17N3O3/c1-16-11-13-20(21(15-16)26(28)29)25-22(14-12-17-7-3-2-4-8-17)24-19-10-6-5-9-18(19)23(25)27/h2-15H,1H3. The molecule has 0 bridgehead atoms. The van der Waals surface area contributed by atoms with E-state index in [1.54, 1.807) is 49.4 Å². The van der Waals surface area contributed by atoms with Crippen LogP contribution in [0.5, 0.6) is 0 Å². The van der Waals surface area contributed by atoms with Gasteiger partial charge in [0.15, 0.2) is 0 Å². The van der Waals surface area contributed by atoms with Crippen molar-refractivity contribution >= 4 is 28.7 Å². The van der Waals surface area contributed by atoms with E-state index in [1.165, 1.54) is 10.6 Å². The molecule has 6 heteroatoms. The van der Waals surface area contributed by atoms with Gasteiger partial charge in [-0.3, -0.25) is 19.5 Å². The maximum Gasteiger partial charge on any atom is 0.293 e. The number of aryl methyl sites for hydroxylation is 1. The van der Waals surface area contributed by atoms with E-state index in [0.717, 1.165) is 11.1 Å². The molecule has 0 atom stereocenters. The number of hydrogen-bond acceptors (Lipinski definition) is 4. The summed E-state index contributed by atoms with van der Waals surface area (Å²) in [7, 11) is 0. The van der Waals surface area contributed by atoms with E-state index < -0.39 is 4.92 Å². The van der Waals surface area contributed by atoms with Crippen molar-refractivity contribution in [3.05, 3.63) is 110 Å². The van der Waals surface area contributed by atoms with Crippen molar-refractivity contribution in [1.82, 2.24) is 9.55 Å². The Hall–Kier alpha value is -4.06. The molecule has 0 spiro atoms. The van der Waals surface area contributed by atoms with E-state index in [9.17, 15) is 14.9 Å². The normalized spacial score (nSPS) is 11.2. The molecule has 1 aromatic heterocycles. The summed E-state index contributed by atoms with van der Waals surface area (Å²) < 4.78 is 1.30. The summed E-state index contributed by atoms with van der Waals surface area (Å²) in [6, 6.07) is 21.4. The Morgan fingerprint density at radius 1 is 0.966 bits per heavy atom. The molecule has 0 aliphatic rings. The highest BCUT2D eigenvalue weighted by atomic mass is 16.6. The zero-order valence-electron chi connectivity index (χ0n) is 15.6. The van der Waals surface area contributed by atoms with Crippen LogP contribution in [0, 0.1) is 17.0 Å². The number of fused-ring (bicyclic) bond motifs is 1. The van der Waals surface area contributed by atoms with Gasteiger partial charge in [-0.25, -0.2) is 4.98 Å². The molecule has 3 aromatic carbocycles. The quantitative estimate of drug-likeness (QED) is 0.375. The van der Waals surface area contributed by atoms with Crippen LogP contribution in [-0.2, 0) is 0 Å². The summed E-state index contributed by atoms with van der Waals surface area (Å²) in [6.07, 6.45) is 3.53. The fourth-order valence-corrected chi connectivity index (χ4v) is 3.20. The monoisotopic (exact) mass is 383 g/mol. The molecular weight excluding hydrogens is 366 g/mol. The van der Waals surface area contributed by atoms with Gasteiger partial charge in [0.2, 0.25) is 0 Å². The van der Waals surface area contributed by atoms with Crippen molar-refractivity contribution in [2.45, 2.75) is 6.92 Å². The number of rotatable bonds is 4. The van der Waals surface area contributed by atoms with Crippen LogP contribution in [0.4, 0.5) is 5.69 Å². The molecule has 4 rings (SSSR count). The number of para-hydroxylation sites is 1. The number of aromatic nitrogens is 2. The molecule has 0 saturated heterocycles. The van der Waals surface area contributed by atoms with Gasteiger partial charge in [0.25, 0.3) is 11.2 Å². The van der Waals surface area contributed by atoms with Crippen LogP contribution in [0.25, 0.3) is 28.7 Å². The summed E-state index contributed by atoms with van der Waals surface area (Å²) in [4.78, 5) is 29.1. The molecule has 0 unspecified atom stereocenters. The van der Waals surface area contributed by atoms with Gasteiger partial charge in [0, 0.05) is 6.07 Å². The average molecular weight is 383 g/mol. The third-order valence-electron chi connectivity index (χ3n) is 4.59. The van der Waals surface area contributed by atoms with E-state index in [4.69, 9.17) is 0 Å². The smallest absolute Gasteiger partial charge is 0.268 e. The predicted octanol–water partition coefficient (Wildman–Crippen LogP) is 4.77. The highest BCUT2D eigenvalue weighted by Crippen LogP contribution is 2.25. The molecule has 0 radical (unpaired) electrons. The van der Waals surface area contributed by atoms with Gasteiger partial charge in [-0.05, 0) is 42.3 Å². The van der Waals surface area contributed by atoms with Crippen LogP contribution >= 0.6 is 0 Å². The lowest BCUT2D eigenvalue weighted by Gasteiger charge is -2.12. The van der Waals surface area contributed by atoms with Gasteiger partial charge in [0.05, 0.1) is 15.8 Å². The highest BCUT2D eigenvalue weighted by molar-refractivity contribution is 5.80. The topological polar surface area (TPSA) is 78.0 Å². The Morgan fingerprint density at radius 2 is 1.69 bits per heavy atom. The van der Waals surface area contributed by atoms with Crippen LogP contribution in [-0.4, -0.2) is 14.5 Å². The molecule has 0 aliphatic heterocycles. The SMILES string of the molecule is Cc1ccc(-n2c(C=Cc3ccccc3)nc3ccccc3c2=O)c([N+](=O)[O-])c1. The summed E-state index contributed by atoms with van der Waals surface area (Å²) in [5.74, 6) is 0.324. The van der Waals surface area contributed by atoms with Crippen molar-refractivity contribution in [2.75, 3.05) is 0 Å². The lowest BCUT2D eigenvalue weighted by Crippen LogP contribution is -2.23. The second kappa shape index (κ2) is 7.52. The summed E-state index contributed by atoms with van der Waals surface area (Å²) in [5.41, 5.74) is 1.91. The van der Waals surface area contributed by atoms with E-state index in [-0.39, 0.29) is 16.9 Å². The van der Waals surface area contributed by atoms with E-state index >= 15 is 0 Å². The van der Waals surface area contributed by atoms with Crippen LogP contribution in [0.3, 0.4) is 0 Å². The Bertz CT molecular complexity index is 1310. The summed E-state index contributed by atoms with van der Waals surface area (Å²) in [6.45, 7) is 1.77. The zero-order chi connectivity index (χ0) is 20.4. The molecule has 0 fully saturated rings. The van der Waals surface area contributed by atoms with Gasteiger partial charge in [-0.1, -0.05) is 54.6 Å². The fourth-order valence-electron chi connectivity index (χ4n) is 3.20. The number of nitro benzene ring substituents is 1. The molecule has 4 aromatic rings. The second-order valence-corrected chi connectivity index (χ2v) is 6.62. The molecule has 6 nitrogen and oxygen atoms in total. The van der Waals surface area contributed by atoms with Crippen LogP contribution in [0.15, 0.2) is 77.6 Å². The third-order valence-corrected chi connectivity index (χ3v) is 4.59. The van der Waals surface area contributed by atoms with Crippen LogP contribution in [0.1, 0.15) is 17.0 Å². The van der Waals surface area contributed by atoms with Crippen molar-refractivity contribution in [3.8, 4) is 5.69 Å². The molecule has 0 N–H and O–H groups in total. The Labute approximate surface area is 166 Å². The molecule has 1 heterocycles. The van der Waals surface area contributed by atoms with Gasteiger partial charge in [-0.2, -0.15) is 0 Å². The number of nitrogens with zero attached hydrogens (tertiary/aromatic N) is 3. The Balaban J connectivity index is 2.02. The van der Waals surface area contributed by atoms with Crippen molar-refractivity contribution in [1.29, 1.82) is 0 Å². The maximum absolute atomic E-state index is 13.3. The second-order valence-electron chi connectivity index (χ2n) is 6.62. The van der Waals surface area contributed by atoms with Crippen molar-refractivity contribution < 1.29 is 4.92 Å². The third kappa shape index (κ3) is 3.55. The minimum absolute atomic E-state index is 0.140. The first-order chi connectivity index (χ1) is 14.0. The molecule has 0 aliphatic carbocycles. The lowest BCUT2D eigenvalue weighted by molar-refractivity contribution is -0.384. The fraction of sp³-hybridized carbons (Fsp3) is 0.0435. The van der Waals surface area contributed by atoms with Gasteiger partial charge in [-0.15, -0.1) is 0 Å². The van der Waals surface area contributed by atoms with Crippen LogP contribution in [0.2, 0.25) is 0 Å². The van der Waals surface area contributed by atoms with Crippen molar-refractivity contribution in [3.63, 3.8) is 0 Å². The molecule has 0 amide bonds. The van der Waals surface area contributed by atoms with Gasteiger partial charge < -0.3 is 0 Å². The first-order valence-electron chi connectivity index (χ1n) is 9.05. The largest absolute Gasteiger partial charge is 0.293 e. The lowest BCUT2D eigenvalue weighted by atomic mass is 10.1. The summed E-state index contributed by atoms with van der Waals surface area (Å²) in [5, 5.41) is 12.1. The number of hydrogen-bond donors (Lipinski definition) is 0. The number of nitro groups is 1. The van der Waals surface area contributed by atoms with E-state index in [0.29, 0.717) is 16.7 Å². The number of benzene rings is 3. The first-order valence-corrected chi connectivity index (χ1v) is 9.05. The minimum atomic E-state index is -0.478. The molecular formula is C23H17N3O3. The zero-order valence-corrected chi connectivity index (χ0v) is 15.6. The molecule has 0 saturated carbocycles. The Kier molecular flexibility index (Phi) is 4.75. The highest BCUT2D eigenvalue weighted by Gasteiger charge is 2.20. The maximum atomic E-state index is 13.3. The summed E-state index contributed by atoms with van der Waals surface area (Å²) >= 11 is 0. The first kappa shape index (κ1) is 18.3. The van der Waals surface area contributed by atoms with E-state index in [2.05, 4.69) is 4.98 Å².